The quantitative estimate of drug-likeness (QED) is 0.208. The van der Waals surface area contributed by atoms with Crippen molar-refractivity contribution in [1.82, 2.24) is 14.5 Å². The summed E-state index contributed by atoms with van der Waals surface area (Å²) in [4.78, 5) is 11.5. The molecule has 0 fully saturated rings. The molecule has 3 heterocycles. The fraction of sp³-hybridized carbons (Fsp3) is 0. The number of hydrogen-bond acceptors (Lipinski definition) is 3. The van der Waals surface area contributed by atoms with E-state index >= 15 is 0 Å². The Morgan fingerprint density at radius 2 is 1.11 bits per heavy atom. The first kappa shape index (κ1) is 25.0. The predicted molar refractivity (Wildman–Crippen MR) is 186 cm³/mol. The van der Waals surface area contributed by atoms with Crippen LogP contribution >= 0.6 is 11.3 Å². The molecular weight excluding hydrogens is 555 g/mol. The van der Waals surface area contributed by atoms with Crippen LogP contribution in [-0.2, 0) is 0 Å². The van der Waals surface area contributed by atoms with Crippen molar-refractivity contribution in [3.8, 4) is 39.5 Å². The lowest BCUT2D eigenvalue weighted by atomic mass is 9.99. The first-order valence-electron chi connectivity index (χ1n) is 14.8. The number of rotatable bonds is 4. The number of para-hydroxylation sites is 2. The van der Waals surface area contributed by atoms with E-state index in [4.69, 9.17) is 9.97 Å². The second kappa shape index (κ2) is 10.0. The molecule has 0 aliphatic carbocycles. The molecule has 0 saturated carbocycles. The van der Waals surface area contributed by atoms with Crippen LogP contribution in [0.5, 0.6) is 0 Å². The Labute approximate surface area is 258 Å². The van der Waals surface area contributed by atoms with Gasteiger partial charge in [0, 0.05) is 43.1 Å². The predicted octanol–water partition coefficient (Wildman–Crippen LogP) is 10.9. The monoisotopic (exact) mass is 579 g/mol. The standard InChI is InChI=1S/C40H25N3S/c1-4-13-26(14-5-1)28-17-12-18-29(23-28)38-37-33-24-35-32(31-21-10-11-22-34(31)43(35)30-19-8-3-9-20-30)25-36(33)44-40(37)42-39(41-38)27-15-6-2-7-16-27/h1-25H. The molecular formula is C40H25N3S. The molecule has 0 spiro atoms. The summed E-state index contributed by atoms with van der Waals surface area (Å²) >= 11 is 1.75. The minimum absolute atomic E-state index is 0.744. The molecule has 9 aromatic rings. The highest BCUT2D eigenvalue weighted by molar-refractivity contribution is 7.25. The molecule has 4 heteroatoms. The largest absolute Gasteiger partial charge is 0.309 e. The van der Waals surface area contributed by atoms with E-state index in [0.29, 0.717) is 0 Å². The molecule has 0 amide bonds. The van der Waals surface area contributed by atoms with Crippen LogP contribution in [0, 0.1) is 0 Å². The summed E-state index contributed by atoms with van der Waals surface area (Å²) in [6, 6.07) is 53.6. The SMILES string of the molecule is c1ccc(-c2cccc(-c3nc(-c4ccccc4)nc4sc5cc6c7ccccc7n(-c7ccccc7)c6cc5c34)c2)cc1. The molecule has 6 aromatic carbocycles. The zero-order valence-electron chi connectivity index (χ0n) is 23.7. The van der Waals surface area contributed by atoms with Crippen molar-refractivity contribution in [1.29, 1.82) is 0 Å². The zero-order valence-corrected chi connectivity index (χ0v) is 24.5. The average molecular weight is 580 g/mol. The van der Waals surface area contributed by atoms with Crippen LogP contribution in [-0.4, -0.2) is 14.5 Å². The summed E-state index contributed by atoms with van der Waals surface area (Å²) in [7, 11) is 0. The van der Waals surface area contributed by atoms with Gasteiger partial charge in [-0.3, -0.25) is 0 Å². The summed E-state index contributed by atoms with van der Waals surface area (Å²) in [5.41, 5.74) is 8.94. The first-order valence-corrected chi connectivity index (χ1v) is 15.6. The van der Waals surface area contributed by atoms with Gasteiger partial charge in [0.1, 0.15) is 4.83 Å². The van der Waals surface area contributed by atoms with Gasteiger partial charge in [0.05, 0.1) is 16.7 Å². The Morgan fingerprint density at radius 3 is 1.91 bits per heavy atom. The minimum Gasteiger partial charge on any atom is -0.309 e. The summed E-state index contributed by atoms with van der Waals surface area (Å²) in [5.74, 6) is 0.744. The smallest absolute Gasteiger partial charge is 0.161 e. The van der Waals surface area contributed by atoms with Crippen molar-refractivity contribution in [2.75, 3.05) is 0 Å². The number of aromatic nitrogens is 3. The molecule has 0 radical (unpaired) electrons. The molecule has 0 unspecified atom stereocenters. The molecule has 0 aliphatic heterocycles. The number of benzene rings is 6. The average Bonchev–Trinajstić information content (AvgIpc) is 3.62. The van der Waals surface area contributed by atoms with E-state index in [1.54, 1.807) is 11.3 Å². The van der Waals surface area contributed by atoms with Gasteiger partial charge in [-0.25, -0.2) is 9.97 Å². The maximum atomic E-state index is 5.29. The minimum atomic E-state index is 0.744. The van der Waals surface area contributed by atoms with E-state index in [1.807, 2.05) is 18.2 Å². The van der Waals surface area contributed by atoms with Gasteiger partial charge in [-0.1, -0.05) is 115 Å². The van der Waals surface area contributed by atoms with Crippen LogP contribution in [0.3, 0.4) is 0 Å². The van der Waals surface area contributed by atoms with Crippen LogP contribution in [0.15, 0.2) is 152 Å². The number of nitrogens with zero attached hydrogens (tertiary/aromatic N) is 3. The lowest BCUT2D eigenvalue weighted by Gasteiger charge is -2.10. The van der Waals surface area contributed by atoms with Crippen LogP contribution in [0.4, 0.5) is 0 Å². The third-order valence-electron chi connectivity index (χ3n) is 8.42. The maximum Gasteiger partial charge on any atom is 0.161 e. The molecule has 3 aromatic heterocycles. The Bertz CT molecular complexity index is 2480. The van der Waals surface area contributed by atoms with Gasteiger partial charge >= 0.3 is 0 Å². The van der Waals surface area contributed by atoms with E-state index in [-0.39, 0.29) is 0 Å². The van der Waals surface area contributed by atoms with E-state index in [1.165, 1.54) is 43.0 Å². The molecule has 0 aliphatic rings. The van der Waals surface area contributed by atoms with Gasteiger partial charge in [-0.2, -0.15) is 0 Å². The van der Waals surface area contributed by atoms with Crippen molar-refractivity contribution < 1.29 is 0 Å². The fourth-order valence-electron chi connectivity index (χ4n) is 6.39. The highest BCUT2D eigenvalue weighted by Gasteiger charge is 2.20. The molecule has 0 saturated heterocycles. The Hall–Kier alpha value is -5.58. The fourth-order valence-corrected chi connectivity index (χ4v) is 7.49. The number of fused-ring (bicyclic) bond motifs is 6. The third-order valence-corrected chi connectivity index (χ3v) is 9.46. The molecule has 0 atom stereocenters. The van der Waals surface area contributed by atoms with E-state index in [0.717, 1.165) is 38.5 Å². The van der Waals surface area contributed by atoms with Crippen molar-refractivity contribution in [2.24, 2.45) is 0 Å². The van der Waals surface area contributed by atoms with Gasteiger partial charge in [0.2, 0.25) is 0 Å². The van der Waals surface area contributed by atoms with Gasteiger partial charge in [0.15, 0.2) is 5.82 Å². The molecule has 44 heavy (non-hydrogen) atoms. The van der Waals surface area contributed by atoms with Crippen LogP contribution in [0.2, 0.25) is 0 Å². The number of thiophene rings is 1. The first-order chi connectivity index (χ1) is 21.8. The van der Waals surface area contributed by atoms with E-state index in [9.17, 15) is 0 Å². The van der Waals surface area contributed by atoms with Crippen molar-refractivity contribution in [2.45, 2.75) is 0 Å². The summed E-state index contributed by atoms with van der Waals surface area (Å²) in [6.07, 6.45) is 0. The van der Waals surface area contributed by atoms with Gasteiger partial charge < -0.3 is 4.57 Å². The number of hydrogen-bond donors (Lipinski definition) is 0. The lowest BCUT2D eigenvalue weighted by molar-refractivity contribution is 1.18. The highest BCUT2D eigenvalue weighted by atomic mass is 32.1. The van der Waals surface area contributed by atoms with Crippen molar-refractivity contribution in [3.05, 3.63) is 152 Å². The van der Waals surface area contributed by atoms with E-state index < -0.39 is 0 Å². The van der Waals surface area contributed by atoms with Crippen LogP contribution in [0.1, 0.15) is 0 Å². The molecule has 0 bridgehead atoms. The third kappa shape index (κ3) is 3.96. The zero-order chi connectivity index (χ0) is 29.0. The molecule has 3 nitrogen and oxygen atoms in total. The second-order valence-corrected chi connectivity index (χ2v) is 12.1. The normalized spacial score (nSPS) is 11.6. The van der Waals surface area contributed by atoms with Gasteiger partial charge in [-0.15, -0.1) is 11.3 Å². The molecule has 9 rings (SSSR count). The molecule has 206 valence electrons. The molecule has 0 N–H and O–H groups in total. The van der Waals surface area contributed by atoms with Gasteiger partial charge in [-0.05, 0) is 47.5 Å². The maximum absolute atomic E-state index is 5.29. The van der Waals surface area contributed by atoms with Crippen molar-refractivity contribution >= 4 is 53.4 Å². The summed E-state index contributed by atoms with van der Waals surface area (Å²) < 4.78 is 3.59. The lowest BCUT2D eigenvalue weighted by Crippen LogP contribution is -1.94. The van der Waals surface area contributed by atoms with Gasteiger partial charge in [0.25, 0.3) is 0 Å². The Kier molecular flexibility index (Phi) is 5.68. The van der Waals surface area contributed by atoms with E-state index in [2.05, 4.69) is 138 Å². The summed E-state index contributed by atoms with van der Waals surface area (Å²) in [6.45, 7) is 0. The highest BCUT2D eigenvalue weighted by Crippen LogP contribution is 2.44. The topological polar surface area (TPSA) is 30.7 Å². The summed E-state index contributed by atoms with van der Waals surface area (Å²) in [5, 5.41) is 4.77. The Balaban J connectivity index is 1.38. The van der Waals surface area contributed by atoms with Crippen LogP contribution < -0.4 is 0 Å². The van der Waals surface area contributed by atoms with Crippen molar-refractivity contribution in [3.63, 3.8) is 0 Å². The van der Waals surface area contributed by atoms with Crippen LogP contribution in [0.25, 0.3) is 81.6 Å². The Morgan fingerprint density at radius 1 is 0.455 bits per heavy atom. The second-order valence-electron chi connectivity index (χ2n) is 11.0.